The number of sulfonamides is 1. The molecule has 0 aliphatic carbocycles. The van der Waals surface area contributed by atoms with E-state index in [1.165, 1.54) is 22.9 Å². The van der Waals surface area contributed by atoms with Crippen molar-refractivity contribution >= 4 is 46.6 Å². The summed E-state index contributed by atoms with van der Waals surface area (Å²) in [4.78, 5) is 3.93. The van der Waals surface area contributed by atoms with Crippen molar-refractivity contribution in [2.45, 2.75) is 42.5 Å². The Balaban J connectivity index is 1.72. The number of hydrogen-bond acceptors (Lipinski definition) is 8. The fraction of sp³-hybridized carbons (Fsp3) is 0.550. The second-order valence-electron chi connectivity index (χ2n) is 9.66. The van der Waals surface area contributed by atoms with Gasteiger partial charge in [0.05, 0.1) is 29.9 Å². The quantitative estimate of drug-likeness (QED) is 0.186. The topological polar surface area (TPSA) is 98.9 Å². The van der Waals surface area contributed by atoms with Gasteiger partial charge in [-0.05, 0) is 12.1 Å². The predicted octanol–water partition coefficient (Wildman–Crippen LogP) is 4.49. The molecule has 1 fully saturated rings. The van der Waals surface area contributed by atoms with Crippen molar-refractivity contribution in [1.82, 2.24) is 23.9 Å². The standard InChI is InChI=1S/C20H25ClF3N5O4S2Si/c1-36(2,3)5-4-32-12-29(20(9-22)10-33-11-20)35(30,31)13-6-14(21)15-7-25-17(28(15)8-13)19-27-26-18(34-19)16(23)24/h6-8,16H,4-5,9-12H2,1-3H3. The van der Waals surface area contributed by atoms with Crippen molar-refractivity contribution < 1.29 is 31.1 Å². The third-order valence-corrected chi connectivity index (χ3v) is 10.5. The number of ether oxygens (including phenoxy) is 2. The number of alkyl halides is 3. The van der Waals surface area contributed by atoms with Gasteiger partial charge in [0.25, 0.3) is 6.43 Å². The van der Waals surface area contributed by atoms with Crippen molar-refractivity contribution in [3.63, 3.8) is 0 Å². The molecule has 0 aromatic carbocycles. The molecule has 1 saturated heterocycles. The van der Waals surface area contributed by atoms with Gasteiger partial charge in [-0.15, -0.1) is 10.2 Å². The van der Waals surface area contributed by atoms with Crippen molar-refractivity contribution in [3.05, 3.63) is 28.5 Å². The van der Waals surface area contributed by atoms with E-state index in [1.54, 1.807) is 0 Å². The van der Waals surface area contributed by atoms with Crippen LogP contribution in [0.3, 0.4) is 0 Å². The van der Waals surface area contributed by atoms with E-state index in [2.05, 4.69) is 34.8 Å². The zero-order chi connectivity index (χ0) is 26.3. The van der Waals surface area contributed by atoms with Crippen molar-refractivity contribution in [2.24, 2.45) is 0 Å². The van der Waals surface area contributed by atoms with E-state index in [-0.39, 0.29) is 40.7 Å². The van der Waals surface area contributed by atoms with Crippen LogP contribution in [0.5, 0.6) is 0 Å². The summed E-state index contributed by atoms with van der Waals surface area (Å²) in [7, 11) is -5.77. The lowest BCUT2D eigenvalue weighted by Crippen LogP contribution is -2.65. The molecule has 0 bridgehead atoms. The van der Waals surface area contributed by atoms with E-state index in [1.807, 2.05) is 0 Å². The molecule has 9 nitrogen and oxygen atoms in total. The van der Waals surface area contributed by atoms with E-state index in [0.717, 1.165) is 10.3 Å². The molecular formula is C20H25ClF3N5O4S2Si. The molecule has 3 aromatic rings. The molecule has 198 valence electrons. The second-order valence-corrected chi connectivity index (χ2v) is 18.6. The van der Waals surface area contributed by atoms with Crippen LogP contribution in [0.15, 0.2) is 23.4 Å². The first-order valence-electron chi connectivity index (χ1n) is 10.9. The molecule has 0 N–H and O–H groups in total. The van der Waals surface area contributed by atoms with Crippen LogP contribution in [0.4, 0.5) is 13.2 Å². The van der Waals surface area contributed by atoms with Crippen LogP contribution < -0.4 is 0 Å². The van der Waals surface area contributed by atoms with Gasteiger partial charge in [0.2, 0.25) is 10.0 Å². The molecular weight excluding hydrogens is 559 g/mol. The average molecular weight is 584 g/mol. The number of pyridine rings is 1. The summed E-state index contributed by atoms with van der Waals surface area (Å²) >= 11 is 7.01. The highest BCUT2D eigenvalue weighted by Crippen LogP contribution is 2.35. The molecule has 16 heteroatoms. The maximum atomic E-state index is 14.2. The van der Waals surface area contributed by atoms with Crippen molar-refractivity contribution in [2.75, 3.05) is 33.2 Å². The lowest BCUT2D eigenvalue weighted by atomic mass is 10.0. The fourth-order valence-electron chi connectivity index (χ4n) is 3.48. The van der Waals surface area contributed by atoms with Gasteiger partial charge in [0, 0.05) is 20.9 Å². The maximum Gasteiger partial charge on any atom is 0.291 e. The van der Waals surface area contributed by atoms with E-state index in [9.17, 15) is 21.6 Å². The van der Waals surface area contributed by atoms with Crippen molar-refractivity contribution in [1.29, 1.82) is 0 Å². The zero-order valence-electron chi connectivity index (χ0n) is 19.7. The van der Waals surface area contributed by atoms with Crippen LogP contribution in [0.2, 0.25) is 30.7 Å². The maximum absolute atomic E-state index is 14.2. The Morgan fingerprint density at radius 2 is 2.06 bits per heavy atom. The van der Waals surface area contributed by atoms with Gasteiger partial charge in [0.15, 0.2) is 15.8 Å². The lowest BCUT2D eigenvalue weighted by Gasteiger charge is -2.46. The van der Waals surface area contributed by atoms with E-state index in [0.29, 0.717) is 23.5 Å². The molecule has 36 heavy (non-hydrogen) atoms. The fourth-order valence-corrected chi connectivity index (χ4v) is 6.89. The molecule has 0 amide bonds. The van der Waals surface area contributed by atoms with Gasteiger partial charge in [-0.3, -0.25) is 4.40 Å². The molecule has 0 atom stereocenters. The Labute approximate surface area is 216 Å². The highest BCUT2D eigenvalue weighted by atomic mass is 35.5. The molecule has 0 radical (unpaired) electrons. The second kappa shape index (κ2) is 10.3. The van der Waals surface area contributed by atoms with Crippen LogP contribution in [0.1, 0.15) is 11.4 Å². The smallest absolute Gasteiger partial charge is 0.291 e. The molecule has 0 saturated carbocycles. The highest BCUT2D eigenvalue weighted by molar-refractivity contribution is 7.89. The molecule has 4 heterocycles. The van der Waals surface area contributed by atoms with Gasteiger partial charge in [-0.2, -0.15) is 4.31 Å². The number of hydrogen-bond donors (Lipinski definition) is 0. The van der Waals surface area contributed by atoms with Crippen LogP contribution in [0, 0.1) is 0 Å². The first kappa shape index (κ1) is 27.4. The first-order valence-corrected chi connectivity index (χ1v) is 17.2. The predicted molar refractivity (Wildman–Crippen MR) is 132 cm³/mol. The van der Waals surface area contributed by atoms with E-state index >= 15 is 0 Å². The average Bonchev–Trinajstić information content (AvgIpc) is 3.41. The third kappa shape index (κ3) is 5.32. The number of fused-ring (bicyclic) bond motifs is 1. The minimum absolute atomic E-state index is 0.0483. The molecule has 3 aromatic heterocycles. The number of imidazole rings is 1. The molecule has 1 aliphatic rings. The molecule has 4 rings (SSSR count). The monoisotopic (exact) mass is 583 g/mol. The summed E-state index contributed by atoms with van der Waals surface area (Å²) in [5.74, 6) is 0.0958. The molecule has 1 aliphatic heterocycles. The molecule has 0 spiro atoms. The Morgan fingerprint density at radius 1 is 1.33 bits per heavy atom. The van der Waals surface area contributed by atoms with E-state index < -0.39 is 41.7 Å². The Hall–Kier alpha value is -1.62. The molecule has 0 unspecified atom stereocenters. The minimum atomic E-state index is -4.33. The SMILES string of the molecule is C[Si](C)(C)CCOCN(C1(CF)COC1)S(=O)(=O)c1cc(Cl)c2cnc(-c3nnc(C(F)F)s3)n2c1. The van der Waals surface area contributed by atoms with Gasteiger partial charge in [0.1, 0.15) is 23.8 Å². The van der Waals surface area contributed by atoms with Gasteiger partial charge in [-0.1, -0.05) is 42.6 Å². The van der Waals surface area contributed by atoms with Crippen LogP contribution >= 0.6 is 22.9 Å². The third-order valence-electron chi connectivity index (χ3n) is 5.70. The Kier molecular flexibility index (Phi) is 7.82. The first-order chi connectivity index (χ1) is 16.9. The van der Waals surface area contributed by atoms with Crippen LogP contribution in [0.25, 0.3) is 16.3 Å². The summed E-state index contributed by atoms with van der Waals surface area (Å²) < 4.78 is 81.0. The summed E-state index contributed by atoms with van der Waals surface area (Å²) in [5.41, 5.74) is -1.06. The zero-order valence-corrected chi connectivity index (χ0v) is 23.1. The van der Waals surface area contributed by atoms with E-state index in [4.69, 9.17) is 21.1 Å². The normalized spacial score (nSPS) is 16.2. The summed E-state index contributed by atoms with van der Waals surface area (Å²) in [6, 6.07) is 2.04. The Morgan fingerprint density at radius 3 is 2.61 bits per heavy atom. The van der Waals surface area contributed by atoms with Crippen LogP contribution in [-0.4, -0.2) is 79.1 Å². The number of nitrogens with zero attached hydrogens (tertiary/aromatic N) is 5. The number of halogens is 4. The van der Waals surface area contributed by atoms with Crippen LogP contribution in [-0.2, 0) is 19.5 Å². The van der Waals surface area contributed by atoms with Gasteiger partial charge in [-0.25, -0.2) is 26.6 Å². The summed E-state index contributed by atoms with van der Waals surface area (Å²) in [6.07, 6.45) is -0.182. The van der Waals surface area contributed by atoms with Gasteiger partial charge < -0.3 is 9.47 Å². The van der Waals surface area contributed by atoms with Gasteiger partial charge >= 0.3 is 0 Å². The highest BCUT2D eigenvalue weighted by Gasteiger charge is 2.50. The summed E-state index contributed by atoms with van der Waals surface area (Å²) in [6.45, 7) is 5.26. The number of rotatable bonds is 11. The minimum Gasteiger partial charge on any atom is -0.377 e. The Bertz CT molecular complexity index is 1340. The lowest BCUT2D eigenvalue weighted by molar-refractivity contribution is -0.141. The summed E-state index contributed by atoms with van der Waals surface area (Å²) in [5, 5.41) is 6.83. The van der Waals surface area contributed by atoms with Crippen molar-refractivity contribution in [3.8, 4) is 10.8 Å². The number of aromatic nitrogens is 4. The largest absolute Gasteiger partial charge is 0.377 e.